The molecule has 0 bridgehead atoms. The summed E-state index contributed by atoms with van der Waals surface area (Å²) in [7, 11) is 0. The van der Waals surface area contributed by atoms with E-state index in [1.807, 2.05) is 25.7 Å². The smallest absolute Gasteiger partial charge is 0.410 e. The van der Waals surface area contributed by atoms with Crippen LogP contribution in [-0.4, -0.2) is 29.2 Å². The molecule has 1 unspecified atom stereocenters. The zero-order valence-corrected chi connectivity index (χ0v) is 10.8. The van der Waals surface area contributed by atoms with Gasteiger partial charge in [0, 0.05) is 6.54 Å². The van der Waals surface area contributed by atoms with Crippen LogP contribution in [0.4, 0.5) is 4.79 Å². The number of allylic oxidation sites excluding steroid dienone is 1. The Hall–Kier alpha value is -0.990. The maximum absolute atomic E-state index is 11.9. The van der Waals surface area contributed by atoms with Crippen molar-refractivity contribution in [2.24, 2.45) is 0 Å². The van der Waals surface area contributed by atoms with Crippen molar-refractivity contribution < 1.29 is 9.53 Å². The summed E-state index contributed by atoms with van der Waals surface area (Å²) in [5.41, 5.74) is -0.404. The highest BCUT2D eigenvalue weighted by Gasteiger charge is 2.30. The SMILES string of the molecule is CC/C=C/C1CCCN1C(=O)OC(C)(C)C. The normalized spacial score (nSPS) is 21.8. The van der Waals surface area contributed by atoms with E-state index in [9.17, 15) is 4.79 Å². The molecule has 1 rings (SSSR count). The van der Waals surface area contributed by atoms with E-state index < -0.39 is 5.60 Å². The molecule has 16 heavy (non-hydrogen) atoms. The average Bonchev–Trinajstić information content (AvgIpc) is 2.59. The molecule has 0 N–H and O–H groups in total. The van der Waals surface area contributed by atoms with Gasteiger partial charge in [-0.15, -0.1) is 0 Å². The Kier molecular flexibility index (Phi) is 4.39. The zero-order chi connectivity index (χ0) is 12.2. The summed E-state index contributed by atoms with van der Waals surface area (Å²) in [6.45, 7) is 8.62. The third kappa shape index (κ3) is 3.87. The monoisotopic (exact) mass is 225 g/mol. The number of amides is 1. The van der Waals surface area contributed by atoms with Crippen molar-refractivity contribution in [1.82, 2.24) is 4.90 Å². The van der Waals surface area contributed by atoms with Gasteiger partial charge in [0.05, 0.1) is 6.04 Å². The zero-order valence-electron chi connectivity index (χ0n) is 10.8. The van der Waals surface area contributed by atoms with Crippen molar-refractivity contribution >= 4 is 6.09 Å². The standard InChI is InChI=1S/C13H23NO2/c1-5-6-8-11-9-7-10-14(11)12(15)16-13(2,3)4/h6,8,11H,5,7,9-10H2,1-4H3/b8-6+. The van der Waals surface area contributed by atoms with Crippen LogP contribution in [0.1, 0.15) is 47.0 Å². The van der Waals surface area contributed by atoms with Crippen LogP contribution in [0.3, 0.4) is 0 Å². The molecule has 3 nitrogen and oxygen atoms in total. The molecule has 0 radical (unpaired) electrons. The molecular formula is C13H23NO2. The number of nitrogens with zero attached hydrogens (tertiary/aromatic N) is 1. The molecule has 1 amide bonds. The molecule has 1 heterocycles. The number of rotatable bonds is 2. The lowest BCUT2D eigenvalue weighted by molar-refractivity contribution is 0.0256. The molecule has 0 aromatic carbocycles. The predicted molar refractivity (Wildman–Crippen MR) is 65.4 cm³/mol. The number of carbonyl (C=O) groups is 1. The summed E-state index contributed by atoms with van der Waals surface area (Å²) >= 11 is 0. The Balaban J connectivity index is 2.57. The van der Waals surface area contributed by atoms with E-state index in [4.69, 9.17) is 4.74 Å². The third-order valence-electron chi connectivity index (χ3n) is 2.52. The van der Waals surface area contributed by atoms with Crippen LogP contribution in [0.2, 0.25) is 0 Å². The topological polar surface area (TPSA) is 29.5 Å². The highest BCUT2D eigenvalue weighted by Crippen LogP contribution is 2.21. The molecule has 0 aromatic heterocycles. The van der Waals surface area contributed by atoms with Crippen molar-refractivity contribution in [1.29, 1.82) is 0 Å². The maximum atomic E-state index is 11.9. The van der Waals surface area contributed by atoms with Crippen LogP contribution in [0.15, 0.2) is 12.2 Å². The van der Waals surface area contributed by atoms with Crippen LogP contribution in [0.25, 0.3) is 0 Å². The lowest BCUT2D eigenvalue weighted by atomic mass is 10.2. The minimum atomic E-state index is -0.404. The van der Waals surface area contributed by atoms with Gasteiger partial charge in [-0.2, -0.15) is 0 Å². The number of hydrogen-bond donors (Lipinski definition) is 0. The Morgan fingerprint density at radius 2 is 2.19 bits per heavy atom. The van der Waals surface area contributed by atoms with Crippen LogP contribution >= 0.6 is 0 Å². The van der Waals surface area contributed by atoms with E-state index in [-0.39, 0.29) is 12.1 Å². The van der Waals surface area contributed by atoms with Gasteiger partial charge in [0.15, 0.2) is 0 Å². The Bertz CT molecular complexity index is 266. The molecule has 92 valence electrons. The Morgan fingerprint density at radius 3 is 2.75 bits per heavy atom. The fraction of sp³-hybridized carbons (Fsp3) is 0.769. The van der Waals surface area contributed by atoms with Crippen LogP contribution in [-0.2, 0) is 4.74 Å². The first-order chi connectivity index (χ1) is 7.44. The van der Waals surface area contributed by atoms with Crippen molar-refractivity contribution in [2.75, 3.05) is 6.54 Å². The van der Waals surface area contributed by atoms with Crippen molar-refractivity contribution in [3.8, 4) is 0 Å². The van der Waals surface area contributed by atoms with Gasteiger partial charge in [-0.05, 0) is 40.0 Å². The van der Waals surface area contributed by atoms with Gasteiger partial charge in [-0.3, -0.25) is 0 Å². The summed E-state index contributed by atoms with van der Waals surface area (Å²) in [5, 5.41) is 0. The summed E-state index contributed by atoms with van der Waals surface area (Å²) in [6.07, 6.45) is 7.19. The molecular weight excluding hydrogens is 202 g/mol. The molecule has 1 aliphatic heterocycles. The van der Waals surface area contributed by atoms with Gasteiger partial charge < -0.3 is 9.64 Å². The quantitative estimate of drug-likeness (QED) is 0.674. The van der Waals surface area contributed by atoms with E-state index >= 15 is 0 Å². The van der Waals surface area contributed by atoms with E-state index in [1.54, 1.807) is 0 Å². The molecule has 1 fully saturated rings. The lowest BCUT2D eigenvalue weighted by Crippen LogP contribution is -2.39. The molecule has 0 aliphatic carbocycles. The first-order valence-corrected chi connectivity index (χ1v) is 6.10. The molecule has 0 spiro atoms. The van der Waals surface area contributed by atoms with E-state index in [0.29, 0.717) is 0 Å². The van der Waals surface area contributed by atoms with Crippen LogP contribution < -0.4 is 0 Å². The molecule has 0 aromatic rings. The summed E-state index contributed by atoms with van der Waals surface area (Å²) < 4.78 is 5.38. The minimum Gasteiger partial charge on any atom is -0.444 e. The summed E-state index contributed by atoms with van der Waals surface area (Å²) in [4.78, 5) is 13.7. The molecule has 1 saturated heterocycles. The second-order valence-electron chi connectivity index (χ2n) is 5.22. The fourth-order valence-electron chi connectivity index (χ4n) is 1.83. The number of hydrogen-bond acceptors (Lipinski definition) is 2. The maximum Gasteiger partial charge on any atom is 0.410 e. The van der Waals surface area contributed by atoms with Gasteiger partial charge in [0.25, 0.3) is 0 Å². The average molecular weight is 225 g/mol. The second kappa shape index (κ2) is 5.37. The second-order valence-corrected chi connectivity index (χ2v) is 5.22. The third-order valence-corrected chi connectivity index (χ3v) is 2.52. The van der Waals surface area contributed by atoms with Gasteiger partial charge in [-0.1, -0.05) is 19.1 Å². The van der Waals surface area contributed by atoms with Crippen molar-refractivity contribution in [3.63, 3.8) is 0 Å². The molecule has 1 aliphatic rings. The Morgan fingerprint density at radius 1 is 1.50 bits per heavy atom. The highest BCUT2D eigenvalue weighted by molar-refractivity contribution is 5.69. The van der Waals surface area contributed by atoms with Gasteiger partial charge in [-0.25, -0.2) is 4.79 Å². The summed E-state index contributed by atoms with van der Waals surface area (Å²) in [5.74, 6) is 0. The highest BCUT2D eigenvalue weighted by atomic mass is 16.6. The molecule has 1 atom stereocenters. The van der Waals surface area contributed by atoms with Crippen molar-refractivity contribution in [3.05, 3.63) is 12.2 Å². The van der Waals surface area contributed by atoms with E-state index in [1.165, 1.54) is 0 Å². The first-order valence-electron chi connectivity index (χ1n) is 6.10. The van der Waals surface area contributed by atoms with E-state index in [2.05, 4.69) is 19.1 Å². The minimum absolute atomic E-state index is 0.184. The van der Waals surface area contributed by atoms with Gasteiger partial charge >= 0.3 is 6.09 Å². The largest absolute Gasteiger partial charge is 0.444 e. The van der Waals surface area contributed by atoms with Gasteiger partial charge in [0.2, 0.25) is 0 Å². The van der Waals surface area contributed by atoms with Crippen LogP contribution in [0, 0.1) is 0 Å². The Labute approximate surface area is 98.5 Å². The van der Waals surface area contributed by atoms with E-state index in [0.717, 1.165) is 25.8 Å². The van der Waals surface area contributed by atoms with Gasteiger partial charge in [0.1, 0.15) is 5.60 Å². The summed E-state index contributed by atoms with van der Waals surface area (Å²) in [6, 6.07) is 0.231. The number of likely N-dealkylation sites (tertiary alicyclic amines) is 1. The molecule has 3 heteroatoms. The molecule has 0 saturated carbocycles. The number of carbonyl (C=O) groups excluding carboxylic acids is 1. The first kappa shape index (κ1) is 13.1. The van der Waals surface area contributed by atoms with Crippen molar-refractivity contribution in [2.45, 2.75) is 58.6 Å². The fourth-order valence-corrected chi connectivity index (χ4v) is 1.83. The lowest BCUT2D eigenvalue weighted by Gasteiger charge is -2.27. The number of ether oxygens (including phenoxy) is 1. The predicted octanol–water partition coefficient (Wildman–Crippen LogP) is 3.35. The van der Waals surface area contributed by atoms with Crippen LogP contribution in [0.5, 0.6) is 0 Å².